The summed E-state index contributed by atoms with van der Waals surface area (Å²) in [6.45, 7) is 2.50. The Morgan fingerprint density at radius 2 is 2.00 bits per heavy atom. The molecule has 4 aromatic rings. The van der Waals surface area contributed by atoms with E-state index >= 15 is 0 Å². The van der Waals surface area contributed by atoms with E-state index in [4.69, 9.17) is 4.98 Å². The first-order chi connectivity index (χ1) is 13.6. The number of tetrazole rings is 1. The molecule has 4 rings (SSSR count). The number of carbonyl (C=O) groups is 1. The van der Waals surface area contributed by atoms with Crippen molar-refractivity contribution in [3.63, 3.8) is 0 Å². The summed E-state index contributed by atoms with van der Waals surface area (Å²) in [6, 6.07) is 16.0. The molecule has 0 fully saturated rings. The summed E-state index contributed by atoms with van der Waals surface area (Å²) in [4.78, 5) is 19.6. The lowest BCUT2D eigenvalue weighted by molar-refractivity contribution is -0.116. The zero-order chi connectivity index (χ0) is 19.5. The van der Waals surface area contributed by atoms with Crippen LogP contribution in [0.2, 0.25) is 0 Å². The number of aryl methyl sites for hydroxylation is 2. The number of thioether (sulfide) groups is 1. The van der Waals surface area contributed by atoms with Gasteiger partial charge in [0.15, 0.2) is 5.13 Å². The Labute approximate surface area is 170 Å². The van der Waals surface area contributed by atoms with E-state index in [2.05, 4.69) is 15.5 Å². The van der Waals surface area contributed by atoms with E-state index in [1.54, 1.807) is 16.6 Å². The van der Waals surface area contributed by atoms with Crippen molar-refractivity contribution in [1.82, 2.24) is 25.2 Å². The molecule has 142 valence electrons. The largest absolute Gasteiger partial charge is 0.283 e. The van der Waals surface area contributed by atoms with Crippen LogP contribution in [0, 0.1) is 6.92 Å². The molecule has 0 unspecified atom stereocenters. The van der Waals surface area contributed by atoms with Gasteiger partial charge in [0.05, 0.1) is 22.5 Å². The normalized spacial score (nSPS) is 11.1. The molecule has 0 aliphatic heterocycles. The maximum Gasteiger partial charge on any atom is 0.239 e. The van der Waals surface area contributed by atoms with E-state index in [-0.39, 0.29) is 11.7 Å². The number of carbonyl (C=O) groups excluding carboxylic acids is 1. The van der Waals surface area contributed by atoms with Gasteiger partial charge in [0.2, 0.25) is 11.1 Å². The first kappa shape index (κ1) is 18.6. The van der Waals surface area contributed by atoms with Crippen molar-refractivity contribution in [3.05, 3.63) is 59.7 Å². The SMILES string of the molecule is Cc1cccc2sc(N(Cc3ccccc3)C(=O)CSc3nnnn3C)nc12. The van der Waals surface area contributed by atoms with Crippen LogP contribution >= 0.6 is 23.1 Å². The summed E-state index contributed by atoms with van der Waals surface area (Å²) >= 11 is 2.85. The van der Waals surface area contributed by atoms with Crippen molar-refractivity contribution in [2.24, 2.45) is 7.05 Å². The van der Waals surface area contributed by atoms with Gasteiger partial charge >= 0.3 is 0 Å². The Kier molecular flexibility index (Phi) is 5.36. The minimum absolute atomic E-state index is 0.0337. The van der Waals surface area contributed by atoms with Gasteiger partial charge in [-0.25, -0.2) is 9.67 Å². The number of fused-ring (bicyclic) bond motifs is 1. The van der Waals surface area contributed by atoms with E-state index in [0.29, 0.717) is 16.8 Å². The van der Waals surface area contributed by atoms with Gasteiger partial charge in [-0.2, -0.15) is 0 Å². The van der Waals surface area contributed by atoms with E-state index in [9.17, 15) is 4.79 Å². The highest BCUT2D eigenvalue weighted by molar-refractivity contribution is 7.99. The number of nitrogens with zero attached hydrogens (tertiary/aromatic N) is 6. The Bertz CT molecular complexity index is 1110. The van der Waals surface area contributed by atoms with Crippen LogP contribution in [0.1, 0.15) is 11.1 Å². The number of anilines is 1. The molecular formula is C19H18N6OS2. The second-order valence-corrected chi connectivity index (χ2v) is 8.21. The predicted molar refractivity (Wildman–Crippen MR) is 112 cm³/mol. The second kappa shape index (κ2) is 8.07. The van der Waals surface area contributed by atoms with Gasteiger partial charge in [-0.1, -0.05) is 65.6 Å². The summed E-state index contributed by atoms with van der Waals surface area (Å²) in [5.41, 5.74) is 3.10. The van der Waals surface area contributed by atoms with Gasteiger partial charge in [-0.15, -0.1) is 5.10 Å². The summed E-state index contributed by atoms with van der Waals surface area (Å²) in [5, 5.41) is 12.7. The first-order valence-electron chi connectivity index (χ1n) is 8.67. The van der Waals surface area contributed by atoms with E-state index in [1.165, 1.54) is 23.1 Å². The molecule has 0 bridgehead atoms. The zero-order valence-corrected chi connectivity index (χ0v) is 17.1. The molecule has 1 amide bonds. The lowest BCUT2D eigenvalue weighted by Crippen LogP contribution is -2.32. The fourth-order valence-electron chi connectivity index (χ4n) is 2.77. The van der Waals surface area contributed by atoms with Crippen molar-refractivity contribution in [1.29, 1.82) is 0 Å². The lowest BCUT2D eigenvalue weighted by atomic mass is 10.2. The van der Waals surface area contributed by atoms with Gasteiger partial charge in [0.1, 0.15) is 0 Å². The second-order valence-electron chi connectivity index (χ2n) is 6.26. The molecule has 0 N–H and O–H groups in total. The molecule has 2 aromatic carbocycles. The monoisotopic (exact) mass is 410 g/mol. The van der Waals surface area contributed by atoms with Crippen molar-refractivity contribution < 1.29 is 4.79 Å². The number of amides is 1. The average Bonchev–Trinajstić information content (AvgIpc) is 3.32. The smallest absolute Gasteiger partial charge is 0.239 e. The molecule has 0 aliphatic rings. The number of benzene rings is 2. The summed E-state index contributed by atoms with van der Waals surface area (Å²) in [5.74, 6) is 0.198. The minimum atomic E-state index is -0.0337. The molecule has 0 aliphatic carbocycles. The molecule has 0 saturated carbocycles. The molecular weight excluding hydrogens is 392 g/mol. The maximum absolute atomic E-state index is 13.1. The Morgan fingerprint density at radius 3 is 2.71 bits per heavy atom. The lowest BCUT2D eigenvalue weighted by Gasteiger charge is -2.19. The molecule has 0 spiro atoms. The van der Waals surface area contributed by atoms with Gasteiger partial charge in [-0.05, 0) is 34.5 Å². The number of hydrogen-bond donors (Lipinski definition) is 0. The summed E-state index contributed by atoms with van der Waals surface area (Å²) < 4.78 is 2.63. The molecule has 2 heterocycles. The summed E-state index contributed by atoms with van der Waals surface area (Å²) in [7, 11) is 1.75. The molecule has 0 saturated heterocycles. The van der Waals surface area contributed by atoms with Crippen LogP contribution in [0.5, 0.6) is 0 Å². The van der Waals surface area contributed by atoms with Crippen molar-refractivity contribution in [2.45, 2.75) is 18.6 Å². The van der Waals surface area contributed by atoms with Crippen LogP contribution in [0.15, 0.2) is 53.7 Å². The molecule has 9 heteroatoms. The van der Waals surface area contributed by atoms with Gasteiger partial charge in [-0.3, -0.25) is 9.69 Å². The third-order valence-electron chi connectivity index (χ3n) is 4.23. The van der Waals surface area contributed by atoms with Gasteiger partial charge in [0, 0.05) is 7.05 Å². The minimum Gasteiger partial charge on any atom is -0.283 e. The number of aromatic nitrogens is 5. The molecule has 2 aromatic heterocycles. The molecule has 7 nitrogen and oxygen atoms in total. The molecule has 0 atom stereocenters. The molecule has 0 radical (unpaired) electrons. The standard InChI is InChI=1S/C19H18N6OS2/c1-13-7-6-10-15-17(13)20-18(28-15)25(11-14-8-4-3-5-9-14)16(26)12-27-19-21-22-23-24(19)2/h3-10H,11-12H2,1-2H3. The zero-order valence-electron chi connectivity index (χ0n) is 15.4. The van der Waals surface area contributed by atoms with Crippen LogP contribution in [0.25, 0.3) is 10.2 Å². The third-order valence-corrected chi connectivity index (χ3v) is 6.27. The van der Waals surface area contributed by atoms with Crippen molar-refractivity contribution >= 4 is 44.4 Å². The predicted octanol–water partition coefficient (Wildman–Crippen LogP) is 3.45. The highest BCUT2D eigenvalue weighted by Gasteiger charge is 2.21. The third kappa shape index (κ3) is 3.90. The number of hydrogen-bond acceptors (Lipinski definition) is 7. The fourth-order valence-corrected chi connectivity index (χ4v) is 4.55. The highest BCUT2D eigenvalue weighted by atomic mass is 32.2. The first-order valence-corrected chi connectivity index (χ1v) is 10.5. The Morgan fingerprint density at radius 1 is 1.18 bits per heavy atom. The maximum atomic E-state index is 13.1. The van der Waals surface area contributed by atoms with Gasteiger partial charge in [0.25, 0.3) is 0 Å². The van der Waals surface area contributed by atoms with Crippen molar-refractivity contribution in [2.75, 3.05) is 10.7 Å². The quantitative estimate of drug-likeness (QED) is 0.453. The number of para-hydroxylation sites is 1. The van der Waals surface area contributed by atoms with E-state index < -0.39 is 0 Å². The fraction of sp³-hybridized carbons (Fsp3) is 0.211. The van der Waals surface area contributed by atoms with Crippen LogP contribution in [0.3, 0.4) is 0 Å². The van der Waals surface area contributed by atoms with Gasteiger partial charge < -0.3 is 0 Å². The van der Waals surface area contributed by atoms with Crippen LogP contribution in [-0.2, 0) is 18.4 Å². The Balaban J connectivity index is 1.63. The highest BCUT2D eigenvalue weighted by Crippen LogP contribution is 2.32. The van der Waals surface area contributed by atoms with E-state index in [1.807, 2.05) is 55.5 Å². The summed E-state index contributed by atoms with van der Waals surface area (Å²) in [6.07, 6.45) is 0. The number of rotatable bonds is 6. The van der Waals surface area contributed by atoms with Crippen LogP contribution in [-0.4, -0.2) is 36.9 Å². The average molecular weight is 411 g/mol. The number of thiazole rings is 1. The topological polar surface area (TPSA) is 76.8 Å². The Hall–Kier alpha value is -2.78. The van der Waals surface area contributed by atoms with Crippen molar-refractivity contribution in [3.8, 4) is 0 Å². The van der Waals surface area contributed by atoms with E-state index in [0.717, 1.165) is 21.3 Å². The van der Waals surface area contributed by atoms with Crippen LogP contribution < -0.4 is 4.90 Å². The molecule has 28 heavy (non-hydrogen) atoms. The van der Waals surface area contributed by atoms with Crippen LogP contribution in [0.4, 0.5) is 5.13 Å².